The molecule has 0 aliphatic rings. The highest BCUT2D eigenvalue weighted by Crippen LogP contribution is 2.28. The number of carbonyl (C=O) groups excluding carboxylic acids is 1. The van der Waals surface area contributed by atoms with Crippen molar-refractivity contribution in [1.29, 1.82) is 0 Å². The number of nitrogens with zero attached hydrogens (tertiary/aromatic N) is 1. The van der Waals surface area contributed by atoms with Gasteiger partial charge in [-0.25, -0.2) is 0 Å². The molecule has 1 aromatic carbocycles. The Morgan fingerprint density at radius 3 is 2.53 bits per heavy atom. The van der Waals surface area contributed by atoms with Crippen LogP contribution in [0.15, 0.2) is 54.7 Å². The molecule has 0 spiro atoms. The molecule has 0 atom stereocenters. The maximum atomic E-state index is 12.9. The van der Waals surface area contributed by atoms with E-state index in [1.165, 1.54) is 24.8 Å². The fraction of sp³-hybridized carbons (Fsp3) is 0.500. The Morgan fingerprint density at radius 2 is 1.91 bits per heavy atom. The molecule has 1 N–H and O–H groups in total. The van der Waals surface area contributed by atoms with Crippen molar-refractivity contribution in [3.8, 4) is 0 Å². The van der Waals surface area contributed by atoms with Crippen molar-refractivity contribution in [2.75, 3.05) is 20.3 Å². The van der Waals surface area contributed by atoms with Crippen LogP contribution in [0.25, 0.3) is 10.9 Å². The quantitative estimate of drug-likeness (QED) is 0.187. The molecule has 188 valence electrons. The van der Waals surface area contributed by atoms with Crippen LogP contribution in [0, 0.1) is 13.8 Å². The Labute approximate surface area is 207 Å². The van der Waals surface area contributed by atoms with Crippen LogP contribution in [0.2, 0.25) is 0 Å². The normalized spacial score (nSPS) is 11.5. The van der Waals surface area contributed by atoms with Crippen molar-refractivity contribution in [3.63, 3.8) is 0 Å². The maximum absolute atomic E-state index is 12.9. The summed E-state index contributed by atoms with van der Waals surface area (Å²) in [6.45, 7) is 16.3. The number of carbonyl (C=O) groups is 1. The second-order valence-electron chi connectivity index (χ2n) is 8.83. The van der Waals surface area contributed by atoms with Gasteiger partial charge in [-0.3, -0.25) is 4.79 Å². The molecule has 1 heterocycles. The number of nitrogens with one attached hydrogen (secondary N) is 1. The first-order valence-electron chi connectivity index (χ1n) is 12.7. The number of hydrogen-bond donors (Lipinski definition) is 1. The molecule has 4 heteroatoms. The summed E-state index contributed by atoms with van der Waals surface area (Å²) in [6.07, 6.45) is 15.3. The zero-order chi connectivity index (χ0) is 25.3. The smallest absolute Gasteiger partial charge is 0.253 e. The van der Waals surface area contributed by atoms with Gasteiger partial charge in [0, 0.05) is 43.4 Å². The van der Waals surface area contributed by atoms with Crippen molar-refractivity contribution < 1.29 is 9.53 Å². The summed E-state index contributed by atoms with van der Waals surface area (Å²) >= 11 is 0. The van der Waals surface area contributed by atoms with E-state index < -0.39 is 0 Å². The van der Waals surface area contributed by atoms with E-state index in [-0.39, 0.29) is 5.91 Å². The molecule has 1 amide bonds. The number of methoxy groups -OCH3 is 1. The molecular weight excluding hydrogens is 420 g/mol. The summed E-state index contributed by atoms with van der Waals surface area (Å²) < 4.78 is 7.32. The van der Waals surface area contributed by atoms with Crippen LogP contribution in [-0.2, 0) is 11.3 Å². The van der Waals surface area contributed by atoms with Crippen LogP contribution in [-0.4, -0.2) is 30.7 Å². The first-order chi connectivity index (χ1) is 16.4. The van der Waals surface area contributed by atoms with Gasteiger partial charge in [-0.1, -0.05) is 74.6 Å². The lowest BCUT2D eigenvalue weighted by Gasteiger charge is -2.09. The number of amides is 1. The van der Waals surface area contributed by atoms with Crippen molar-refractivity contribution in [2.45, 2.75) is 79.7 Å². The van der Waals surface area contributed by atoms with E-state index in [4.69, 9.17) is 4.74 Å². The zero-order valence-corrected chi connectivity index (χ0v) is 22.4. The highest BCUT2D eigenvalue weighted by molar-refractivity contribution is 6.08. The van der Waals surface area contributed by atoms with Gasteiger partial charge < -0.3 is 14.6 Å². The van der Waals surface area contributed by atoms with Gasteiger partial charge >= 0.3 is 0 Å². The molecule has 0 saturated carbocycles. The Bertz CT molecular complexity index is 950. The molecule has 0 saturated heterocycles. The number of benzene rings is 1. The minimum Gasteiger partial charge on any atom is -0.385 e. The van der Waals surface area contributed by atoms with Crippen LogP contribution >= 0.6 is 0 Å². The zero-order valence-electron chi connectivity index (χ0n) is 22.4. The van der Waals surface area contributed by atoms with Gasteiger partial charge in [-0.2, -0.15) is 0 Å². The van der Waals surface area contributed by atoms with Crippen molar-refractivity contribution in [1.82, 2.24) is 9.88 Å². The second-order valence-corrected chi connectivity index (χ2v) is 8.83. The monoisotopic (exact) mass is 466 g/mol. The van der Waals surface area contributed by atoms with Gasteiger partial charge in [0.25, 0.3) is 5.91 Å². The standard InChI is InChI=1S/C24H34N2O2.C6H12/c1-6-7-8-9-11-19(3)17-26-20(4)23(24(27)25-14-10-15-28-5)21-16-18(2)12-13-22(21)26;1-3-5-6-4-2/h8-9,11-13,16H,6-7,10,14-15,17H2,1-5H3,(H,25,27);3H,1,4-6H2,2H3/b9-8-,19-11+;. The van der Waals surface area contributed by atoms with Gasteiger partial charge in [0.1, 0.15) is 0 Å². The topological polar surface area (TPSA) is 43.3 Å². The van der Waals surface area contributed by atoms with E-state index >= 15 is 0 Å². The molecule has 2 aromatic rings. The molecule has 34 heavy (non-hydrogen) atoms. The second kappa shape index (κ2) is 16.9. The predicted molar refractivity (Wildman–Crippen MR) is 148 cm³/mol. The number of unbranched alkanes of at least 4 members (excludes halogenated alkanes) is 3. The molecule has 0 bridgehead atoms. The number of allylic oxidation sites excluding steroid dienone is 5. The summed E-state index contributed by atoms with van der Waals surface area (Å²) in [5.74, 6) is -0.00701. The summed E-state index contributed by atoms with van der Waals surface area (Å²) in [5.41, 5.74) is 5.32. The minimum atomic E-state index is -0.00701. The molecule has 4 nitrogen and oxygen atoms in total. The average molecular weight is 467 g/mol. The van der Waals surface area contributed by atoms with E-state index in [1.807, 2.05) is 13.0 Å². The number of aromatic nitrogens is 1. The molecule has 0 aliphatic heterocycles. The average Bonchev–Trinajstić information content (AvgIpc) is 3.08. The first kappa shape index (κ1) is 29.4. The highest BCUT2D eigenvalue weighted by atomic mass is 16.5. The van der Waals surface area contributed by atoms with Crippen LogP contribution in [0.3, 0.4) is 0 Å². The van der Waals surface area contributed by atoms with E-state index in [2.05, 4.69) is 80.6 Å². The fourth-order valence-electron chi connectivity index (χ4n) is 3.74. The largest absolute Gasteiger partial charge is 0.385 e. The van der Waals surface area contributed by atoms with Gasteiger partial charge in [0.2, 0.25) is 0 Å². The third-order valence-corrected chi connectivity index (χ3v) is 5.66. The number of ether oxygens (including phenoxy) is 1. The minimum absolute atomic E-state index is 0.00701. The molecular formula is C30H46N2O2. The molecule has 0 radical (unpaired) electrons. The lowest BCUT2D eigenvalue weighted by molar-refractivity contribution is 0.0949. The molecule has 1 aromatic heterocycles. The van der Waals surface area contributed by atoms with Gasteiger partial charge in [0.05, 0.1) is 5.56 Å². The highest BCUT2D eigenvalue weighted by Gasteiger charge is 2.19. The van der Waals surface area contributed by atoms with Crippen molar-refractivity contribution in [3.05, 3.63) is 71.5 Å². The van der Waals surface area contributed by atoms with Crippen molar-refractivity contribution in [2.24, 2.45) is 0 Å². The first-order valence-corrected chi connectivity index (χ1v) is 12.7. The number of fused-ring (bicyclic) bond motifs is 1. The third kappa shape index (κ3) is 9.72. The summed E-state index contributed by atoms with van der Waals surface area (Å²) in [5, 5.41) is 4.07. The van der Waals surface area contributed by atoms with E-state index in [1.54, 1.807) is 7.11 Å². The van der Waals surface area contributed by atoms with Crippen LogP contribution in [0.4, 0.5) is 0 Å². The van der Waals surface area contributed by atoms with Crippen LogP contribution in [0.1, 0.15) is 80.9 Å². The van der Waals surface area contributed by atoms with Crippen LogP contribution in [0.5, 0.6) is 0 Å². The molecule has 2 rings (SSSR count). The number of rotatable bonds is 13. The molecule has 0 unspecified atom stereocenters. The third-order valence-electron chi connectivity index (χ3n) is 5.66. The van der Waals surface area contributed by atoms with E-state index in [9.17, 15) is 4.79 Å². The molecule has 0 aliphatic carbocycles. The maximum Gasteiger partial charge on any atom is 0.253 e. The van der Waals surface area contributed by atoms with Gasteiger partial charge in [-0.05, 0) is 52.2 Å². The summed E-state index contributed by atoms with van der Waals surface area (Å²) in [7, 11) is 1.68. The Hall–Kier alpha value is -2.59. The SMILES string of the molecule is C=CCCCC.CCC/C=C\C=C(/C)Cn1c(C)c(C(=O)NCCCOC)c2cc(C)ccc21. The number of hydrogen-bond acceptors (Lipinski definition) is 2. The molecule has 0 fully saturated rings. The number of aryl methyl sites for hydroxylation is 1. The van der Waals surface area contributed by atoms with Gasteiger partial charge in [0.15, 0.2) is 0 Å². The predicted octanol–water partition coefficient (Wildman–Crippen LogP) is 7.69. The van der Waals surface area contributed by atoms with E-state index in [0.717, 1.165) is 53.5 Å². The fourth-order valence-corrected chi connectivity index (χ4v) is 3.74. The summed E-state index contributed by atoms with van der Waals surface area (Å²) in [4.78, 5) is 12.9. The lowest BCUT2D eigenvalue weighted by Crippen LogP contribution is -2.25. The Kier molecular flexibility index (Phi) is 14.7. The van der Waals surface area contributed by atoms with E-state index in [0.29, 0.717) is 13.2 Å². The Morgan fingerprint density at radius 1 is 1.15 bits per heavy atom. The van der Waals surface area contributed by atoms with Gasteiger partial charge in [-0.15, -0.1) is 6.58 Å². The lowest BCUT2D eigenvalue weighted by atomic mass is 10.1. The summed E-state index contributed by atoms with van der Waals surface area (Å²) in [6, 6.07) is 6.35. The van der Waals surface area contributed by atoms with Crippen LogP contribution < -0.4 is 5.32 Å². The van der Waals surface area contributed by atoms with Crippen molar-refractivity contribution >= 4 is 16.8 Å². The Balaban J connectivity index is 0.000000852.